The van der Waals surface area contributed by atoms with E-state index in [0.29, 0.717) is 13.1 Å². The summed E-state index contributed by atoms with van der Waals surface area (Å²) in [6.45, 7) is 0.837. The molecule has 9 nitrogen and oxygen atoms in total. The highest BCUT2D eigenvalue weighted by Crippen LogP contribution is 2.23. The molecular weight excluding hydrogens is 504 g/mol. The molecule has 1 aromatic heterocycles. The molecule has 9 heteroatoms. The maximum atomic E-state index is 13.5. The first kappa shape index (κ1) is 24.7. The summed E-state index contributed by atoms with van der Waals surface area (Å²) in [6.07, 6.45) is 0. The number of benzene rings is 5. The van der Waals surface area contributed by atoms with E-state index in [4.69, 9.17) is 0 Å². The van der Waals surface area contributed by atoms with Gasteiger partial charge >= 0.3 is 0 Å². The van der Waals surface area contributed by atoms with Gasteiger partial charge in [0.05, 0.1) is 4.92 Å². The van der Waals surface area contributed by atoms with Crippen molar-refractivity contribution in [3.8, 4) is 0 Å². The average molecular weight is 529 g/mol. The Labute approximate surface area is 229 Å². The molecule has 2 N–H and O–H groups in total. The van der Waals surface area contributed by atoms with Crippen molar-refractivity contribution in [2.24, 2.45) is 0 Å². The van der Waals surface area contributed by atoms with E-state index < -0.39 is 10.8 Å². The molecule has 0 fully saturated rings. The van der Waals surface area contributed by atoms with Crippen molar-refractivity contribution in [3.63, 3.8) is 0 Å². The smallest absolute Gasteiger partial charge is 0.281 e. The Hall–Kier alpha value is -5.57. The SMILES string of the molecule is O=C(c1cccc([N+](=O)[O-])c1)n1nc(NCc2cccc3ccccc23)nc1NCc1cccc2ccccc12. The number of nitrogens with zero attached hydrogens (tertiary/aromatic N) is 4. The van der Waals surface area contributed by atoms with Crippen molar-refractivity contribution >= 4 is 45.0 Å². The van der Waals surface area contributed by atoms with Crippen molar-refractivity contribution in [2.45, 2.75) is 13.1 Å². The Morgan fingerprint density at radius 1 is 0.750 bits per heavy atom. The minimum absolute atomic E-state index is 0.132. The molecule has 5 aromatic carbocycles. The topological polar surface area (TPSA) is 115 Å². The summed E-state index contributed by atoms with van der Waals surface area (Å²) in [5, 5.41) is 26.7. The third kappa shape index (κ3) is 4.95. The third-order valence-electron chi connectivity index (χ3n) is 6.74. The van der Waals surface area contributed by atoms with Crippen LogP contribution < -0.4 is 10.6 Å². The summed E-state index contributed by atoms with van der Waals surface area (Å²) in [4.78, 5) is 28.8. The van der Waals surface area contributed by atoms with Gasteiger partial charge in [0.2, 0.25) is 11.9 Å². The van der Waals surface area contributed by atoms with E-state index in [2.05, 4.69) is 38.9 Å². The summed E-state index contributed by atoms with van der Waals surface area (Å²) in [5.74, 6) is -0.0492. The minimum Gasteiger partial charge on any atom is -0.350 e. The largest absolute Gasteiger partial charge is 0.350 e. The number of nitrogens with one attached hydrogen (secondary N) is 2. The molecule has 0 atom stereocenters. The molecule has 0 amide bonds. The van der Waals surface area contributed by atoms with Gasteiger partial charge in [-0.2, -0.15) is 9.67 Å². The van der Waals surface area contributed by atoms with Gasteiger partial charge in [0.25, 0.3) is 11.6 Å². The molecule has 6 aromatic rings. The standard InChI is InChI=1S/C31H24N6O3/c38-29(23-12-7-15-26(18-23)37(39)40)36-31(33-20-25-14-6-11-22-9-2-4-17-28(22)25)34-30(35-36)32-19-24-13-5-10-21-8-1-3-16-27(21)24/h1-18H,19-20H2,(H2,32,33,34,35). The molecule has 0 saturated heterocycles. The highest BCUT2D eigenvalue weighted by atomic mass is 16.6. The third-order valence-corrected chi connectivity index (χ3v) is 6.74. The Bertz CT molecular complexity index is 1870. The number of non-ortho nitro benzene ring substituents is 1. The van der Waals surface area contributed by atoms with Crippen LogP contribution in [0.5, 0.6) is 0 Å². The van der Waals surface area contributed by atoms with Crippen LogP contribution in [-0.2, 0) is 13.1 Å². The van der Waals surface area contributed by atoms with E-state index in [0.717, 1.165) is 37.4 Å². The summed E-state index contributed by atoms with van der Waals surface area (Å²) in [6, 6.07) is 33.9. The number of rotatable bonds is 8. The van der Waals surface area contributed by atoms with Crippen molar-refractivity contribution in [2.75, 3.05) is 10.6 Å². The second kappa shape index (κ2) is 10.7. The highest BCUT2D eigenvalue weighted by Gasteiger charge is 2.20. The number of carbonyl (C=O) groups is 1. The lowest BCUT2D eigenvalue weighted by Crippen LogP contribution is -2.18. The number of nitro groups is 1. The molecule has 6 rings (SSSR count). The molecule has 40 heavy (non-hydrogen) atoms. The van der Waals surface area contributed by atoms with Crippen LogP contribution in [0.4, 0.5) is 17.6 Å². The van der Waals surface area contributed by atoms with Crippen molar-refractivity contribution in [1.29, 1.82) is 0 Å². The first-order valence-electron chi connectivity index (χ1n) is 12.7. The van der Waals surface area contributed by atoms with Gasteiger partial charge < -0.3 is 10.6 Å². The molecule has 0 aliphatic carbocycles. The van der Waals surface area contributed by atoms with Crippen LogP contribution in [-0.4, -0.2) is 25.6 Å². The number of carbonyl (C=O) groups excluding carboxylic acids is 1. The van der Waals surface area contributed by atoms with E-state index in [1.54, 1.807) is 0 Å². The van der Waals surface area contributed by atoms with Gasteiger partial charge in [0, 0.05) is 30.8 Å². The average Bonchev–Trinajstić information content (AvgIpc) is 3.41. The second-order valence-electron chi connectivity index (χ2n) is 9.27. The zero-order chi connectivity index (χ0) is 27.5. The second-order valence-corrected chi connectivity index (χ2v) is 9.27. The fraction of sp³-hybridized carbons (Fsp3) is 0.0645. The van der Waals surface area contributed by atoms with Gasteiger partial charge in [-0.15, -0.1) is 5.10 Å². The van der Waals surface area contributed by atoms with Crippen LogP contribution in [0.2, 0.25) is 0 Å². The van der Waals surface area contributed by atoms with Crippen molar-refractivity contribution in [1.82, 2.24) is 14.8 Å². The normalized spacial score (nSPS) is 11.0. The maximum Gasteiger partial charge on any atom is 0.281 e. The van der Waals surface area contributed by atoms with E-state index in [1.807, 2.05) is 66.7 Å². The lowest BCUT2D eigenvalue weighted by Gasteiger charge is -2.09. The number of hydrogen-bond acceptors (Lipinski definition) is 7. The van der Waals surface area contributed by atoms with Gasteiger partial charge in [-0.25, -0.2) is 0 Å². The zero-order valence-electron chi connectivity index (χ0n) is 21.3. The summed E-state index contributed by atoms with van der Waals surface area (Å²) in [5.41, 5.74) is 2.05. The van der Waals surface area contributed by atoms with Gasteiger partial charge in [-0.05, 0) is 38.7 Å². The summed E-state index contributed by atoms with van der Waals surface area (Å²) in [7, 11) is 0. The van der Waals surface area contributed by atoms with Crippen LogP contribution in [0.15, 0.2) is 109 Å². The predicted octanol–water partition coefficient (Wildman–Crippen LogP) is 6.41. The van der Waals surface area contributed by atoms with E-state index in [1.165, 1.54) is 24.3 Å². The van der Waals surface area contributed by atoms with Crippen LogP contribution >= 0.6 is 0 Å². The number of anilines is 2. The zero-order valence-corrected chi connectivity index (χ0v) is 21.3. The molecular formula is C31H24N6O3. The highest BCUT2D eigenvalue weighted by molar-refractivity contribution is 5.97. The molecule has 0 aliphatic heterocycles. The van der Waals surface area contributed by atoms with Crippen molar-refractivity contribution in [3.05, 3.63) is 136 Å². The Morgan fingerprint density at radius 2 is 1.32 bits per heavy atom. The quantitative estimate of drug-likeness (QED) is 0.173. The first-order chi connectivity index (χ1) is 19.6. The fourth-order valence-corrected chi connectivity index (χ4v) is 4.76. The molecule has 0 bridgehead atoms. The molecule has 0 radical (unpaired) electrons. The molecule has 1 heterocycles. The van der Waals surface area contributed by atoms with E-state index in [-0.39, 0.29) is 23.1 Å². The Kier molecular flexibility index (Phi) is 6.60. The minimum atomic E-state index is -0.533. The number of aromatic nitrogens is 3. The maximum absolute atomic E-state index is 13.5. The van der Waals surface area contributed by atoms with Crippen molar-refractivity contribution < 1.29 is 9.72 Å². The van der Waals surface area contributed by atoms with Gasteiger partial charge in [0.1, 0.15) is 0 Å². The molecule has 0 saturated carbocycles. The lowest BCUT2D eigenvalue weighted by molar-refractivity contribution is -0.384. The van der Waals surface area contributed by atoms with Crippen LogP contribution in [0.25, 0.3) is 21.5 Å². The number of fused-ring (bicyclic) bond motifs is 2. The molecule has 0 unspecified atom stereocenters. The number of nitro benzene ring substituents is 1. The van der Waals surface area contributed by atoms with Gasteiger partial charge in [-0.3, -0.25) is 14.9 Å². The predicted molar refractivity (Wildman–Crippen MR) is 155 cm³/mol. The Morgan fingerprint density at radius 3 is 1.98 bits per heavy atom. The van der Waals surface area contributed by atoms with Gasteiger partial charge in [0.15, 0.2) is 0 Å². The molecule has 196 valence electrons. The summed E-state index contributed by atoms with van der Waals surface area (Å²) >= 11 is 0. The molecule has 0 aliphatic rings. The van der Waals surface area contributed by atoms with Crippen LogP contribution in [0.1, 0.15) is 21.5 Å². The Balaban J connectivity index is 1.32. The van der Waals surface area contributed by atoms with E-state index in [9.17, 15) is 14.9 Å². The monoisotopic (exact) mass is 528 g/mol. The number of hydrogen-bond donors (Lipinski definition) is 2. The summed E-state index contributed by atoms with van der Waals surface area (Å²) < 4.78 is 1.15. The first-order valence-corrected chi connectivity index (χ1v) is 12.7. The van der Waals surface area contributed by atoms with E-state index >= 15 is 0 Å². The molecule has 0 spiro atoms. The van der Waals surface area contributed by atoms with Crippen LogP contribution in [0, 0.1) is 10.1 Å². The fourth-order valence-electron chi connectivity index (χ4n) is 4.76. The van der Waals surface area contributed by atoms with Crippen LogP contribution in [0.3, 0.4) is 0 Å². The van der Waals surface area contributed by atoms with Gasteiger partial charge in [-0.1, -0.05) is 91.0 Å². The lowest BCUT2D eigenvalue weighted by atomic mass is 10.0.